The molecule has 0 aliphatic rings. The Morgan fingerprint density at radius 3 is 2.30 bits per heavy atom. The Hall–Kier alpha value is -3.28. The predicted molar refractivity (Wildman–Crippen MR) is 107 cm³/mol. The summed E-state index contributed by atoms with van der Waals surface area (Å²) in [4.78, 5) is 24.1. The Morgan fingerprint density at radius 1 is 1.00 bits per heavy atom. The fraction of sp³-hybridized carbons (Fsp3) is 0.238. The molecule has 6 heteroatoms. The zero-order chi connectivity index (χ0) is 19.8. The largest absolute Gasteiger partial charge is 0.493 e. The highest BCUT2D eigenvalue weighted by Gasteiger charge is 2.08. The van der Waals surface area contributed by atoms with Crippen LogP contribution in [0.3, 0.4) is 0 Å². The van der Waals surface area contributed by atoms with E-state index in [0.29, 0.717) is 22.7 Å². The number of anilines is 1. The summed E-state index contributed by atoms with van der Waals surface area (Å²) in [6.45, 7) is 3.76. The average molecular weight is 368 g/mol. The minimum Gasteiger partial charge on any atom is -0.493 e. The summed E-state index contributed by atoms with van der Waals surface area (Å²) in [5.74, 6) is 1.01. The van der Waals surface area contributed by atoms with Crippen LogP contribution in [-0.4, -0.2) is 32.1 Å². The maximum atomic E-state index is 12.4. The number of urea groups is 1. The standard InChI is InChI=1S/C21H24N2O4/c1-14(2)22-21(25)23-17-11-8-15(9-12-17)18(24)13-10-16-6-5-7-19(26-3)20(16)27-4/h5-14H,1-4H3,(H2,22,23,25)/b13-10+. The van der Waals surface area contributed by atoms with Crippen LogP contribution in [0.5, 0.6) is 11.5 Å². The molecule has 0 spiro atoms. The van der Waals surface area contributed by atoms with Gasteiger partial charge in [0.1, 0.15) is 0 Å². The molecule has 0 radical (unpaired) electrons. The third-order valence-corrected chi connectivity index (χ3v) is 3.69. The first-order chi connectivity index (χ1) is 12.9. The van der Waals surface area contributed by atoms with Crippen LogP contribution in [-0.2, 0) is 0 Å². The normalized spacial score (nSPS) is 10.7. The second-order valence-electron chi connectivity index (χ2n) is 6.11. The molecule has 0 aromatic heterocycles. The minimum atomic E-state index is -0.283. The van der Waals surface area contributed by atoms with Crippen molar-refractivity contribution in [2.24, 2.45) is 0 Å². The van der Waals surface area contributed by atoms with Crippen molar-refractivity contribution in [3.8, 4) is 11.5 Å². The lowest BCUT2D eigenvalue weighted by Crippen LogP contribution is -2.34. The van der Waals surface area contributed by atoms with Crippen LogP contribution in [0.2, 0.25) is 0 Å². The molecular weight excluding hydrogens is 344 g/mol. The number of carbonyl (C=O) groups is 2. The molecule has 0 bridgehead atoms. The van der Waals surface area contributed by atoms with Gasteiger partial charge < -0.3 is 20.1 Å². The van der Waals surface area contributed by atoms with Crippen molar-refractivity contribution in [2.45, 2.75) is 19.9 Å². The molecule has 27 heavy (non-hydrogen) atoms. The molecule has 0 aliphatic heterocycles. The molecule has 142 valence electrons. The summed E-state index contributed by atoms with van der Waals surface area (Å²) in [6.07, 6.45) is 3.16. The molecule has 6 nitrogen and oxygen atoms in total. The van der Waals surface area contributed by atoms with Crippen molar-refractivity contribution in [2.75, 3.05) is 19.5 Å². The quantitative estimate of drug-likeness (QED) is 0.569. The highest BCUT2D eigenvalue weighted by atomic mass is 16.5. The topological polar surface area (TPSA) is 76.7 Å². The predicted octanol–water partition coefficient (Wildman–Crippen LogP) is 4.13. The van der Waals surface area contributed by atoms with Crippen LogP contribution in [0.15, 0.2) is 48.5 Å². The molecule has 2 aromatic carbocycles. The maximum absolute atomic E-state index is 12.4. The number of nitrogens with one attached hydrogen (secondary N) is 2. The fourth-order valence-electron chi connectivity index (χ4n) is 2.45. The van der Waals surface area contributed by atoms with E-state index in [9.17, 15) is 9.59 Å². The number of ketones is 1. The number of amides is 2. The summed E-state index contributed by atoms with van der Waals surface area (Å²) >= 11 is 0. The van der Waals surface area contributed by atoms with Gasteiger partial charge in [-0.3, -0.25) is 4.79 Å². The van der Waals surface area contributed by atoms with E-state index < -0.39 is 0 Å². The smallest absolute Gasteiger partial charge is 0.319 e. The zero-order valence-corrected chi connectivity index (χ0v) is 15.9. The maximum Gasteiger partial charge on any atom is 0.319 e. The number of allylic oxidation sites excluding steroid dienone is 1. The van der Waals surface area contributed by atoms with Gasteiger partial charge in [-0.15, -0.1) is 0 Å². The van der Waals surface area contributed by atoms with Crippen LogP contribution in [0.1, 0.15) is 29.8 Å². The van der Waals surface area contributed by atoms with Crippen molar-refractivity contribution >= 4 is 23.6 Å². The lowest BCUT2D eigenvalue weighted by Gasteiger charge is -2.10. The fourth-order valence-corrected chi connectivity index (χ4v) is 2.45. The van der Waals surface area contributed by atoms with Gasteiger partial charge in [0.25, 0.3) is 0 Å². The Morgan fingerprint density at radius 2 is 1.70 bits per heavy atom. The first kappa shape index (κ1) is 20.0. The molecule has 0 aliphatic carbocycles. The molecule has 2 rings (SSSR count). The Balaban J connectivity index is 2.08. The molecule has 2 aromatic rings. The van der Waals surface area contributed by atoms with E-state index in [1.165, 1.54) is 6.08 Å². The minimum absolute atomic E-state index is 0.0459. The number of hydrogen-bond acceptors (Lipinski definition) is 4. The van der Waals surface area contributed by atoms with E-state index in [1.807, 2.05) is 26.0 Å². The van der Waals surface area contributed by atoms with Gasteiger partial charge in [-0.05, 0) is 56.3 Å². The van der Waals surface area contributed by atoms with E-state index in [4.69, 9.17) is 9.47 Å². The number of para-hydroxylation sites is 1. The van der Waals surface area contributed by atoms with Gasteiger partial charge in [0, 0.05) is 22.9 Å². The van der Waals surface area contributed by atoms with Gasteiger partial charge in [-0.1, -0.05) is 12.1 Å². The van der Waals surface area contributed by atoms with Crippen molar-refractivity contribution in [1.82, 2.24) is 5.32 Å². The van der Waals surface area contributed by atoms with E-state index in [2.05, 4.69) is 10.6 Å². The molecule has 0 saturated heterocycles. The van der Waals surface area contributed by atoms with Gasteiger partial charge in [-0.2, -0.15) is 0 Å². The molecule has 0 saturated carbocycles. The number of ether oxygens (including phenoxy) is 2. The lowest BCUT2D eigenvalue weighted by molar-refractivity contribution is 0.104. The first-order valence-electron chi connectivity index (χ1n) is 8.55. The third-order valence-electron chi connectivity index (χ3n) is 3.69. The summed E-state index contributed by atoms with van der Waals surface area (Å²) in [5, 5.41) is 5.45. The van der Waals surface area contributed by atoms with Gasteiger partial charge >= 0.3 is 6.03 Å². The monoisotopic (exact) mass is 368 g/mol. The molecule has 0 unspecified atom stereocenters. The Labute approximate surface area is 159 Å². The van der Waals surface area contributed by atoms with Crippen LogP contribution < -0.4 is 20.1 Å². The SMILES string of the molecule is COc1cccc(/C=C/C(=O)c2ccc(NC(=O)NC(C)C)cc2)c1OC. The van der Waals surface area contributed by atoms with Gasteiger partial charge in [0.2, 0.25) is 0 Å². The van der Waals surface area contributed by atoms with Crippen molar-refractivity contribution in [3.05, 3.63) is 59.7 Å². The van der Waals surface area contributed by atoms with Crippen molar-refractivity contribution in [3.63, 3.8) is 0 Å². The Bertz CT molecular complexity index is 827. The average Bonchev–Trinajstić information content (AvgIpc) is 2.65. The van der Waals surface area contributed by atoms with Crippen molar-refractivity contribution < 1.29 is 19.1 Å². The first-order valence-corrected chi connectivity index (χ1v) is 8.55. The van der Waals surface area contributed by atoms with Crippen LogP contribution in [0.4, 0.5) is 10.5 Å². The molecule has 0 heterocycles. The van der Waals surface area contributed by atoms with Crippen molar-refractivity contribution in [1.29, 1.82) is 0 Å². The molecule has 2 N–H and O–H groups in total. The number of rotatable bonds is 7. The van der Waals surface area contributed by atoms with E-state index in [1.54, 1.807) is 50.6 Å². The summed E-state index contributed by atoms with van der Waals surface area (Å²) < 4.78 is 10.6. The second-order valence-corrected chi connectivity index (χ2v) is 6.11. The summed E-state index contributed by atoms with van der Waals surface area (Å²) in [6, 6.07) is 11.9. The zero-order valence-electron chi connectivity index (χ0n) is 15.9. The lowest BCUT2D eigenvalue weighted by atomic mass is 10.1. The number of hydrogen-bond donors (Lipinski definition) is 2. The highest BCUT2D eigenvalue weighted by Crippen LogP contribution is 2.31. The highest BCUT2D eigenvalue weighted by molar-refractivity contribution is 6.07. The summed E-state index contributed by atoms with van der Waals surface area (Å²) in [5.41, 5.74) is 1.87. The molecule has 0 atom stereocenters. The van der Waals surface area contributed by atoms with E-state index in [-0.39, 0.29) is 17.9 Å². The van der Waals surface area contributed by atoms with Crippen LogP contribution in [0.25, 0.3) is 6.08 Å². The van der Waals surface area contributed by atoms with Crippen LogP contribution in [0, 0.1) is 0 Å². The number of methoxy groups -OCH3 is 2. The Kier molecular flexibility index (Phi) is 7.00. The molecule has 2 amide bonds. The van der Waals surface area contributed by atoms with Gasteiger partial charge in [0.05, 0.1) is 14.2 Å². The number of benzene rings is 2. The van der Waals surface area contributed by atoms with E-state index in [0.717, 1.165) is 5.56 Å². The van der Waals surface area contributed by atoms with Gasteiger partial charge in [-0.25, -0.2) is 4.79 Å². The summed E-state index contributed by atoms with van der Waals surface area (Å²) in [7, 11) is 3.12. The van der Waals surface area contributed by atoms with Crippen LogP contribution >= 0.6 is 0 Å². The third kappa shape index (κ3) is 5.60. The molecule has 0 fully saturated rings. The van der Waals surface area contributed by atoms with E-state index >= 15 is 0 Å². The van der Waals surface area contributed by atoms with Gasteiger partial charge in [0.15, 0.2) is 17.3 Å². The number of carbonyl (C=O) groups excluding carboxylic acids is 2. The molecular formula is C21H24N2O4. The second kappa shape index (κ2) is 9.43.